The lowest BCUT2D eigenvalue weighted by Gasteiger charge is -2.23. The van der Waals surface area contributed by atoms with Crippen LogP contribution in [0.15, 0.2) is 65.8 Å². The molecule has 1 aliphatic carbocycles. The van der Waals surface area contributed by atoms with Crippen molar-refractivity contribution in [1.29, 1.82) is 0 Å². The second kappa shape index (κ2) is 11.1. The first-order valence-corrected chi connectivity index (χ1v) is 10.3. The average molecular weight is 409 g/mol. The lowest BCUT2D eigenvalue weighted by molar-refractivity contribution is -0.0599. The Bertz CT molecular complexity index is 842. The Kier molecular flexibility index (Phi) is 8.01. The fraction of sp³-hybridized carbons (Fsp3) is 0.375. The van der Waals surface area contributed by atoms with Crippen molar-refractivity contribution in [2.45, 2.75) is 51.2 Å². The van der Waals surface area contributed by atoms with Crippen molar-refractivity contribution in [3.8, 4) is 0 Å². The Morgan fingerprint density at radius 2 is 1.37 bits per heavy atom. The first-order valence-electron chi connectivity index (χ1n) is 10.3. The lowest BCUT2D eigenvalue weighted by atomic mass is 9.99. The second-order valence-electron chi connectivity index (χ2n) is 7.30. The van der Waals surface area contributed by atoms with Crippen molar-refractivity contribution < 1.29 is 23.9 Å². The van der Waals surface area contributed by atoms with Crippen molar-refractivity contribution in [2.75, 3.05) is 6.61 Å². The van der Waals surface area contributed by atoms with Crippen molar-refractivity contribution in [3.63, 3.8) is 0 Å². The van der Waals surface area contributed by atoms with Crippen LogP contribution in [-0.4, -0.2) is 36.5 Å². The molecule has 158 valence electrons. The molecular weight excluding hydrogens is 382 g/mol. The van der Waals surface area contributed by atoms with Gasteiger partial charge in [0.25, 0.3) is 0 Å². The minimum Gasteiger partial charge on any atom is -0.455 e. The van der Waals surface area contributed by atoms with Crippen LogP contribution in [0.4, 0.5) is 0 Å². The third kappa shape index (κ3) is 6.44. The highest BCUT2D eigenvalue weighted by atomic mass is 16.7. The molecule has 3 rings (SSSR count). The van der Waals surface area contributed by atoms with E-state index in [2.05, 4.69) is 5.16 Å². The summed E-state index contributed by atoms with van der Waals surface area (Å²) in [5, 5.41) is 4.21. The number of ether oxygens (including phenoxy) is 2. The predicted octanol–water partition coefficient (Wildman–Crippen LogP) is 4.79. The maximum Gasteiger partial charge on any atom is 0.338 e. The van der Waals surface area contributed by atoms with E-state index in [1.54, 1.807) is 55.5 Å². The van der Waals surface area contributed by atoms with Crippen LogP contribution >= 0.6 is 0 Å². The first-order chi connectivity index (χ1) is 14.6. The Morgan fingerprint density at radius 3 is 1.93 bits per heavy atom. The highest BCUT2D eigenvalue weighted by Crippen LogP contribution is 2.16. The minimum atomic E-state index is -0.793. The molecule has 0 N–H and O–H groups in total. The van der Waals surface area contributed by atoms with Gasteiger partial charge in [-0.3, -0.25) is 0 Å². The van der Waals surface area contributed by atoms with Gasteiger partial charge in [-0.2, -0.15) is 0 Å². The molecule has 0 saturated heterocycles. The van der Waals surface area contributed by atoms with Crippen LogP contribution in [0, 0.1) is 0 Å². The minimum absolute atomic E-state index is 0.00527. The molecule has 2 aromatic rings. The van der Waals surface area contributed by atoms with Crippen molar-refractivity contribution >= 4 is 17.7 Å². The molecule has 0 aliphatic heterocycles. The molecule has 2 aromatic carbocycles. The van der Waals surface area contributed by atoms with Crippen molar-refractivity contribution in [2.24, 2.45) is 5.16 Å². The third-order valence-corrected chi connectivity index (χ3v) is 4.96. The number of carbonyl (C=O) groups is 2. The van der Waals surface area contributed by atoms with Crippen molar-refractivity contribution in [1.82, 2.24) is 0 Å². The normalized spacial score (nSPS) is 15.6. The van der Waals surface area contributed by atoms with Gasteiger partial charge in [-0.1, -0.05) is 48.0 Å². The number of benzene rings is 2. The highest BCUT2D eigenvalue weighted by molar-refractivity contribution is 5.90. The molecule has 6 nitrogen and oxygen atoms in total. The van der Waals surface area contributed by atoms with Crippen LogP contribution in [0.3, 0.4) is 0 Å². The number of esters is 2. The summed E-state index contributed by atoms with van der Waals surface area (Å²) in [7, 11) is 0. The fourth-order valence-electron chi connectivity index (χ4n) is 3.19. The van der Waals surface area contributed by atoms with Gasteiger partial charge in [0.2, 0.25) is 0 Å². The standard InChI is InChI=1S/C24H27NO5/c1-18(29-23(26)19-11-5-2-6-12-19)22(17-28-25-21-15-9-4-10-16-21)30-24(27)20-13-7-3-8-14-20/h2-3,5-8,11-14,18,22H,4,9-10,15-17H2,1H3/t18-,22-/m1/s1. The Labute approximate surface area is 176 Å². The molecule has 30 heavy (non-hydrogen) atoms. The van der Waals surface area contributed by atoms with E-state index in [1.165, 1.54) is 6.42 Å². The zero-order valence-corrected chi connectivity index (χ0v) is 17.2. The summed E-state index contributed by atoms with van der Waals surface area (Å²) in [5.41, 5.74) is 1.87. The van der Waals surface area contributed by atoms with Gasteiger partial charge in [0.05, 0.1) is 16.8 Å². The van der Waals surface area contributed by atoms with Crippen LogP contribution < -0.4 is 0 Å². The van der Waals surface area contributed by atoms with Gasteiger partial charge in [0, 0.05) is 0 Å². The number of nitrogens with zero attached hydrogens (tertiary/aromatic N) is 1. The van der Waals surface area contributed by atoms with E-state index in [0.717, 1.165) is 31.4 Å². The van der Waals surface area contributed by atoms with Crippen LogP contribution in [0.25, 0.3) is 0 Å². The van der Waals surface area contributed by atoms with E-state index in [9.17, 15) is 9.59 Å². The molecule has 0 radical (unpaired) electrons. The van der Waals surface area contributed by atoms with Gasteiger partial charge in [0.1, 0.15) is 6.10 Å². The zero-order chi connectivity index (χ0) is 21.2. The molecule has 1 saturated carbocycles. The van der Waals surface area contributed by atoms with Gasteiger partial charge in [-0.15, -0.1) is 0 Å². The van der Waals surface area contributed by atoms with Crippen LogP contribution in [0.1, 0.15) is 59.7 Å². The SMILES string of the molecule is C[C@@H](OC(=O)c1ccccc1)[C@@H](CON=C1CCCCC1)OC(=O)c1ccccc1. The zero-order valence-electron chi connectivity index (χ0n) is 17.2. The Balaban J connectivity index is 1.65. The van der Waals surface area contributed by atoms with Crippen LogP contribution in [0.2, 0.25) is 0 Å². The van der Waals surface area contributed by atoms with E-state index >= 15 is 0 Å². The lowest BCUT2D eigenvalue weighted by Crippen LogP contribution is -2.36. The maximum absolute atomic E-state index is 12.5. The Hall–Kier alpha value is -3.15. The first kappa shape index (κ1) is 21.6. The van der Waals surface area contributed by atoms with Gasteiger partial charge in [-0.05, 0) is 56.9 Å². The molecule has 0 aromatic heterocycles. The van der Waals surface area contributed by atoms with E-state index < -0.39 is 24.1 Å². The van der Waals surface area contributed by atoms with E-state index in [0.29, 0.717) is 11.1 Å². The molecular formula is C24H27NO5. The van der Waals surface area contributed by atoms with Crippen molar-refractivity contribution in [3.05, 3.63) is 71.8 Å². The molecule has 0 amide bonds. The summed E-state index contributed by atoms with van der Waals surface area (Å²) in [4.78, 5) is 30.4. The monoisotopic (exact) mass is 409 g/mol. The molecule has 0 unspecified atom stereocenters. The average Bonchev–Trinajstić information content (AvgIpc) is 2.80. The topological polar surface area (TPSA) is 74.2 Å². The maximum atomic E-state index is 12.5. The van der Waals surface area contributed by atoms with Gasteiger partial charge in [-0.25, -0.2) is 9.59 Å². The smallest absolute Gasteiger partial charge is 0.338 e. The summed E-state index contributed by atoms with van der Waals surface area (Å²) in [5.74, 6) is -0.986. The second-order valence-corrected chi connectivity index (χ2v) is 7.30. The molecule has 0 spiro atoms. The largest absolute Gasteiger partial charge is 0.455 e. The van der Waals surface area contributed by atoms with E-state index in [-0.39, 0.29) is 6.61 Å². The Morgan fingerprint density at radius 1 is 0.833 bits per heavy atom. The summed E-state index contributed by atoms with van der Waals surface area (Å²) in [6.07, 6.45) is 3.78. The van der Waals surface area contributed by atoms with Gasteiger partial charge >= 0.3 is 11.9 Å². The molecule has 6 heteroatoms. The summed E-state index contributed by atoms with van der Waals surface area (Å²) in [6.45, 7) is 1.69. The van der Waals surface area contributed by atoms with E-state index in [4.69, 9.17) is 14.3 Å². The quantitative estimate of drug-likeness (QED) is 0.463. The van der Waals surface area contributed by atoms with Crippen LogP contribution in [-0.2, 0) is 14.3 Å². The predicted molar refractivity (Wildman–Crippen MR) is 113 cm³/mol. The highest BCUT2D eigenvalue weighted by Gasteiger charge is 2.27. The number of oxime groups is 1. The van der Waals surface area contributed by atoms with Gasteiger partial charge in [0.15, 0.2) is 12.7 Å². The third-order valence-electron chi connectivity index (χ3n) is 4.96. The molecule has 1 fully saturated rings. The summed E-state index contributed by atoms with van der Waals surface area (Å²) in [6, 6.07) is 17.4. The number of rotatable bonds is 8. The fourth-order valence-corrected chi connectivity index (χ4v) is 3.19. The van der Waals surface area contributed by atoms with Gasteiger partial charge < -0.3 is 14.3 Å². The molecule has 0 heterocycles. The molecule has 1 aliphatic rings. The summed E-state index contributed by atoms with van der Waals surface area (Å²) < 4.78 is 11.1. The number of hydrogen-bond donors (Lipinski definition) is 0. The molecule has 0 bridgehead atoms. The number of hydrogen-bond acceptors (Lipinski definition) is 6. The number of carbonyl (C=O) groups excluding carboxylic acids is 2. The summed E-state index contributed by atoms with van der Waals surface area (Å²) >= 11 is 0. The molecule has 2 atom stereocenters. The van der Waals surface area contributed by atoms with Crippen LogP contribution in [0.5, 0.6) is 0 Å². The van der Waals surface area contributed by atoms with E-state index in [1.807, 2.05) is 12.1 Å².